The van der Waals surface area contributed by atoms with Crippen molar-refractivity contribution in [2.24, 2.45) is 0 Å². The predicted molar refractivity (Wildman–Crippen MR) is 165 cm³/mol. The summed E-state index contributed by atoms with van der Waals surface area (Å²) in [6.45, 7) is 24.5. The lowest BCUT2D eigenvalue weighted by atomic mass is 10.0. The molecule has 0 aliphatic carbocycles. The number of hydrogen-bond acceptors (Lipinski definition) is 6. The molecule has 0 saturated heterocycles. The van der Waals surface area contributed by atoms with Crippen molar-refractivity contribution >= 4 is 5.82 Å². The van der Waals surface area contributed by atoms with Gasteiger partial charge in [-0.3, -0.25) is 0 Å². The second-order valence-corrected chi connectivity index (χ2v) is 8.76. The van der Waals surface area contributed by atoms with E-state index < -0.39 is 0 Å². The van der Waals surface area contributed by atoms with Gasteiger partial charge in [0.25, 0.3) is 0 Å². The van der Waals surface area contributed by atoms with Gasteiger partial charge in [0.15, 0.2) is 0 Å². The number of aliphatic hydroxyl groups excluding tert-OH is 1. The fourth-order valence-corrected chi connectivity index (χ4v) is 3.04. The van der Waals surface area contributed by atoms with Gasteiger partial charge in [0, 0.05) is 12.0 Å². The predicted octanol–water partition coefficient (Wildman–Crippen LogP) is 8.62. The molecule has 39 heavy (non-hydrogen) atoms. The van der Waals surface area contributed by atoms with Crippen LogP contribution in [0.2, 0.25) is 0 Å². The van der Waals surface area contributed by atoms with Crippen LogP contribution in [0.4, 0.5) is 5.82 Å². The SMILES string of the molecule is C=C(C)/C(C)=C\C(C)=C/C.C=CC=C.CC/C(=C\O)Nc1nc(C)nc(Cc2ccc(OC)c(C#N)c2)c1C. The summed E-state index contributed by atoms with van der Waals surface area (Å²) >= 11 is 0. The summed E-state index contributed by atoms with van der Waals surface area (Å²) in [7, 11) is 1.55. The molecule has 6 heteroatoms. The molecule has 0 spiro atoms. The Balaban J connectivity index is 0.000000856. The summed E-state index contributed by atoms with van der Waals surface area (Å²) in [5.41, 5.74) is 7.63. The van der Waals surface area contributed by atoms with Gasteiger partial charge in [-0.15, -0.1) is 0 Å². The van der Waals surface area contributed by atoms with Crippen LogP contribution in [0, 0.1) is 25.2 Å². The summed E-state index contributed by atoms with van der Waals surface area (Å²) in [4.78, 5) is 8.96. The molecule has 1 aromatic heterocycles. The van der Waals surface area contributed by atoms with Crippen molar-refractivity contribution in [1.29, 1.82) is 5.26 Å². The number of anilines is 1. The van der Waals surface area contributed by atoms with Crippen LogP contribution >= 0.6 is 0 Å². The van der Waals surface area contributed by atoms with E-state index >= 15 is 0 Å². The number of nitrogens with zero attached hydrogens (tertiary/aromatic N) is 3. The lowest BCUT2D eigenvalue weighted by Crippen LogP contribution is -2.09. The molecular weight excluding hydrogens is 484 g/mol. The number of nitriles is 1. The Morgan fingerprint density at radius 3 is 2.26 bits per heavy atom. The lowest BCUT2D eigenvalue weighted by molar-refractivity contribution is 0.413. The van der Waals surface area contributed by atoms with Gasteiger partial charge < -0.3 is 15.2 Å². The van der Waals surface area contributed by atoms with E-state index in [0.29, 0.717) is 41.5 Å². The molecule has 2 aromatic rings. The number of benzene rings is 1. The Morgan fingerprint density at radius 1 is 1.15 bits per heavy atom. The van der Waals surface area contributed by atoms with Crippen LogP contribution in [0.25, 0.3) is 0 Å². The number of nitrogens with one attached hydrogen (secondary N) is 1. The molecule has 0 atom stereocenters. The van der Waals surface area contributed by atoms with E-state index in [1.54, 1.807) is 25.3 Å². The Morgan fingerprint density at radius 2 is 1.79 bits per heavy atom. The van der Waals surface area contributed by atoms with Crippen molar-refractivity contribution < 1.29 is 9.84 Å². The van der Waals surface area contributed by atoms with Crippen molar-refractivity contribution in [3.63, 3.8) is 0 Å². The van der Waals surface area contributed by atoms with Gasteiger partial charge in [0.05, 0.1) is 30.3 Å². The smallest absolute Gasteiger partial charge is 0.137 e. The zero-order valence-corrected chi connectivity index (χ0v) is 24.9. The van der Waals surface area contributed by atoms with Gasteiger partial charge in [0.1, 0.15) is 23.5 Å². The monoisotopic (exact) mass is 528 g/mol. The minimum absolute atomic E-state index is 0.498. The Bertz CT molecular complexity index is 1260. The molecule has 0 aliphatic heterocycles. The summed E-state index contributed by atoms with van der Waals surface area (Å²) < 4.78 is 5.18. The van der Waals surface area contributed by atoms with Crippen molar-refractivity contribution in [3.8, 4) is 11.8 Å². The summed E-state index contributed by atoms with van der Waals surface area (Å²) in [6, 6.07) is 7.68. The molecule has 0 fully saturated rings. The van der Waals surface area contributed by atoms with E-state index in [0.717, 1.165) is 28.7 Å². The number of methoxy groups -OCH3 is 1. The van der Waals surface area contributed by atoms with Crippen LogP contribution < -0.4 is 10.1 Å². The molecule has 1 aromatic carbocycles. The molecule has 208 valence electrons. The standard InChI is InChI=1S/C19H22N4O2.C10H16.C4H6/c1-5-16(11-24)23-19-12(2)17(21-13(3)22-19)9-14-6-7-18(25-4)15(8-14)10-20;1-6-9(4)7-10(5)8(2)3;1-3-4-2/h6-8,11,24H,5,9H2,1-4H3,(H,21,22,23);6-7H,2H2,1,3-5H3;3-4H,1-2H2/b16-11+;9-6-,10-7-;. The average molecular weight is 529 g/mol. The molecule has 0 saturated carbocycles. The van der Waals surface area contributed by atoms with E-state index in [9.17, 15) is 10.4 Å². The first-order chi connectivity index (χ1) is 18.5. The van der Waals surface area contributed by atoms with Crippen LogP contribution in [0.3, 0.4) is 0 Å². The first kappa shape index (κ1) is 34.6. The fourth-order valence-electron chi connectivity index (χ4n) is 3.04. The van der Waals surface area contributed by atoms with Crippen molar-refractivity contribution in [3.05, 3.63) is 119 Å². The van der Waals surface area contributed by atoms with Gasteiger partial charge >= 0.3 is 0 Å². The topological polar surface area (TPSA) is 91.1 Å². The van der Waals surface area contributed by atoms with Crippen LogP contribution in [0.5, 0.6) is 5.75 Å². The molecule has 6 nitrogen and oxygen atoms in total. The van der Waals surface area contributed by atoms with E-state index in [2.05, 4.69) is 67.1 Å². The summed E-state index contributed by atoms with van der Waals surface area (Å²) in [5.74, 6) is 1.88. The average Bonchev–Trinajstić information content (AvgIpc) is 2.93. The van der Waals surface area contributed by atoms with E-state index in [1.807, 2.05) is 46.8 Å². The van der Waals surface area contributed by atoms with Crippen LogP contribution in [0.15, 0.2) is 90.9 Å². The number of allylic oxidation sites excluding steroid dienone is 8. The van der Waals surface area contributed by atoms with Crippen LogP contribution in [-0.4, -0.2) is 22.2 Å². The molecule has 1 heterocycles. The molecular formula is C33H44N4O2. The molecule has 0 unspecified atom stereocenters. The van der Waals surface area contributed by atoms with Crippen LogP contribution in [-0.2, 0) is 6.42 Å². The second-order valence-electron chi connectivity index (χ2n) is 8.76. The number of rotatable bonds is 9. The Kier molecular flexibility index (Phi) is 16.7. The highest BCUT2D eigenvalue weighted by Crippen LogP contribution is 2.24. The van der Waals surface area contributed by atoms with E-state index in [4.69, 9.17) is 4.74 Å². The third-order valence-electron chi connectivity index (χ3n) is 5.67. The molecule has 2 rings (SSSR count). The molecule has 2 N–H and O–H groups in total. The maximum absolute atomic E-state index is 9.25. The summed E-state index contributed by atoms with van der Waals surface area (Å²) in [6.07, 6.45) is 9.80. The maximum Gasteiger partial charge on any atom is 0.137 e. The number of aromatic nitrogens is 2. The van der Waals surface area contributed by atoms with Gasteiger partial charge in [-0.2, -0.15) is 5.26 Å². The number of hydrogen-bond donors (Lipinski definition) is 2. The zero-order chi connectivity index (χ0) is 30.0. The highest BCUT2D eigenvalue weighted by Gasteiger charge is 2.12. The van der Waals surface area contributed by atoms with Gasteiger partial charge in [-0.25, -0.2) is 9.97 Å². The second kappa shape index (κ2) is 18.8. The first-order valence-corrected chi connectivity index (χ1v) is 12.7. The van der Waals surface area contributed by atoms with Gasteiger partial charge in [0.2, 0.25) is 0 Å². The molecule has 0 aliphatic rings. The van der Waals surface area contributed by atoms with Crippen molar-refractivity contribution in [1.82, 2.24) is 9.97 Å². The minimum atomic E-state index is 0.498. The zero-order valence-electron chi connectivity index (χ0n) is 24.9. The van der Waals surface area contributed by atoms with Crippen molar-refractivity contribution in [2.45, 2.75) is 61.3 Å². The maximum atomic E-state index is 9.25. The minimum Gasteiger partial charge on any atom is -0.514 e. The number of ether oxygens (including phenoxy) is 1. The third-order valence-corrected chi connectivity index (χ3v) is 5.67. The normalized spacial score (nSPS) is 11.1. The number of aryl methyl sites for hydroxylation is 1. The largest absolute Gasteiger partial charge is 0.514 e. The summed E-state index contributed by atoms with van der Waals surface area (Å²) in [5, 5.41) is 21.6. The quantitative estimate of drug-likeness (QED) is 0.250. The van der Waals surface area contributed by atoms with Gasteiger partial charge in [-0.05, 0) is 71.2 Å². The van der Waals surface area contributed by atoms with Crippen LogP contribution in [0.1, 0.15) is 69.2 Å². The Hall–Kier alpha value is -4.37. The third kappa shape index (κ3) is 12.6. The highest BCUT2D eigenvalue weighted by molar-refractivity contribution is 5.52. The van der Waals surface area contributed by atoms with Crippen molar-refractivity contribution in [2.75, 3.05) is 12.4 Å². The van der Waals surface area contributed by atoms with E-state index in [-0.39, 0.29) is 0 Å². The molecule has 0 radical (unpaired) electrons. The molecule has 0 bridgehead atoms. The first-order valence-electron chi connectivity index (χ1n) is 12.7. The van der Waals surface area contributed by atoms with E-state index in [1.165, 1.54) is 11.1 Å². The Labute approximate surface area is 235 Å². The highest BCUT2D eigenvalue weighted by atomic mass is 16.5. The number of aliphatic hydroxyl groups is 1. The van der Waals surface area contributed by atoms with Gasteiger partial charge in [-0.1, -0.05) is 68.2 Å². The lowest BCUT2D eigenvalue weighted by Gasteiger charge is -2.14. The fraction of sp³-hybridized carbons (Fsp3) is 0.303. The molecule has 0 amide bonds.